The number of para-hydroxylation sites is 1. The summed E-state index contributed by atoms with van der Waals surface area (Å²) in [7, 11) is 0. The van der Waals surface area contributed by atoms with Gasteiger partial charge in [-0.1, -0.05) is 30.0 Å². The maximum Gasteiger partial charge on any atom is 0.257 e. The van der Waals surface area contributed by atoms with Gasteiger partial charge in [0.2, 0.25) is 5.91 Å². The Morgan fingerprint density at radius 1 is 1.29 bits per heavy atom. The molecule has 0 saturated carbocycles. The first kappa shape index (κ1) is 20.5. The second-order valence-corrected chi connectivity index (χ2v) is 9.55. The molecule has 3 aliphatic rings. The molecule has 8 nitrogen and oxygen atoms in total. The summed E-state index contributed by atoms with van der Waals surface area (Å²) in [6.07, 6.45) is 1.24. The first-order valence-electron chi connectivity index (χ1n) is 10.2. The average Bonchev–Trinajstić information content (AvgIpc) is 3.38. The van der Waals surface area contributed by atoms with Crippen LogP contribution in [0.15, 0.2) is 34.2 Å². The van der Waals surface area contributed by atoms with Crippen molar-refractivity contribution < 1.29 is 14.3 Å². The number of aromatic nitrogens is 1. The molecule has 0 bridgehead atoms. The molecule has 3 aliphatic heterocycles. The Hall–Kier alpha value is -2.40. The molecule has 0 aliphatic carbocycles. The normalized spacial score (nSPS) is 21.9. The van der Waals surface area contributed by atoms with Crippen LogP contribution in [0.4, 0.5) is 10.8 Å². The van der Waals surface area contributed by atoms with E-state index in [9.17, 15) is 9.59 Å². The zero-order valence-electron chi connectivity index (χ0n) is 17.1. The van der Waals surface area contributed by atoms with E-state index in [0.29, 0.717) is 24.5 Å². The number of amides is 2. The molecule has 2 aromatic rings. The smallest absolute Gasteiger partial charge is 0.257 e. The Kier molecular flexibility index (Phi) is 5.47. The van der Waals surface area contributed by atoms with Crippen molar-refractivity contribution in [2.24, 2.45) is 5.73 Å². The van der Waals surface area contributed by atoms with Crippen LogP contribution < -0.4 is 16.0 Å². The number of benzene rings is 1. The minimum absolute atomic E-state index is 0.0311. The van der Waals surface area contributed by atoms with E-state index >= 15 is 0 Å². The lowest BCUT2D eigenvalue weighted by Crippen LogP contribution is -2.48. The number of aryl methyl sites for hydroxylation is 1. The quantitative estimate of drug-likeness (QED) is 0.728. The van der Waals surface area contributed by atoms with Gasteiger partial charge in [-0.15, -0.1) is 11.3 Å². The number of nitrogens with two attached hydrogens (primary N) is 1. The van der Waals surface area contributed by atoms with Gasteiger partial charge in [0.15, 0.2) is 5.13 Å². The monoisotopic (exact) mass is 457 g/mol. The first-order valence-corrected chi connectivity index (χ1v) is 11.9. The lowest BCUT2D eigenvalue weighted by Gasteiger charge is -2.37. The third-order valence-corrected chi connectivity index (χ3v) is 8.02. The van der Waals surface area contributed by atoms with E-state index in [2.05, 4.69) is 15.1 Å². The van der Waals surface area contributed by atoms with E-state index in [1.54, 1.807) is 0 Å². The summed E-state index contributed by atoms with van der Waals surface area (Å²) in [6, 6.07) is 6.03. The van der Waals surface area contributed by atoms with Gasteiger partial charge in [0.05, 0.1) is 29.5 Å². The number of thioether (sulfide) groups is 1. The maximum atomic E-state index is 12.1. The number of anilines is 2. The van der Waals surface area contributed by atoms with E-state index in [0.717, 1.165) is 52.8 Å². The summed E-state index contributed by atoms with van der Waals surface area (Å²) in [5.41, 5.74) is 10.1. The second-order valence-electron chi connectivity index (χ2n) is 7.64. The third kappa shape index (κ3) is 3.73. The number of hydrogen-bond donors (Lipinski definition) is 2. The van der Waals surface area contributed by atoms with Crippen LogP contribution in [0, 0.1) is 0 Å². The number of primary amides is 1. The summed E-state index contributed by atoms with van der Waals surface area (Å²) < 4.78 is 5.50. The summed E-state index contributed by atoms with van der Waals surface area (Å²) in [5, 5.41) is 5.81. The van der Waals surface area contributed by atoms with Crippen LogP contribution in [-0.4, -0.2) is 53.5 Å². The largest absolute Gasteiger partial charge is 0.379 e. The molecule has 0 spiro atoms. The Morgan fingerprint density at radius 2 is 2.10 bits per heavy atom. The number of carbonyl (C=O) groups excluding carboxylic acids is 2. The number of allylic oxidation sites excluding steroid dienone is 1. The highest BCUT2D eigenvalue weighted by molar-refractivity contribution is 8.05. The van der Waals surface area contributed by atoms with Gasteiger partial charge < -0.3 is 15.8 Å². The number of morpholine rings is 1. The van der Waals surface area contributed by atoms with Crippen molar-refractivity contribution in [1.29, 1.82) is 0 Å². The number of rotatable bonds is 4. The van der Waals surface area contributed by atoms with Crippen molar-refractivity contribution in [3.63, 3.8) is 0 Å². The fourth-order valence-corrected chi connectivity index (χ4v) is 6.43. The number of carbonyl (C=O) groups is 2. The van der Waals surface area contributed by atoms with E-state index < -0.39 is 5.91 Å². The molecule has 1 aromatic heterocycles. The van der Waals surface area contributed by atoms with Crippen LogP contribution in [0.2, 0.25) is 0 Å². The highest BCUT2D eigenvalue weighted by Gasteiger charge is 2.39. The number of nitrogens with zero attached hydrogens (tertiary/aromatic N) is 3. The predicted octanol–water partition coefficient (Wildman–Crippen LogP) is 2.58. The molecule has 0 radical (unpaired) electrons. The van der Waals surface area contributed by atoms with Gasteiger partial charge in [-0.2, -0.15) is 0 Å². The van der Waals surface area contributed by atoms with Crippen molar-refractivity contribution in [3.05, 3.63) is 39.7 Å². The van der Waals surface area contributed by atoms with Gasteiger partial charge >= 0.3 is 0 Å². The van der Waals surface area contributed by atoms with E-state index in [4.69, 9.17) is 15.5 Å². The van der Waals surface area contributed by atoms with Crippen molar-refractivity contribution in [2.45, 2.75) is 25.3 Å². The number of fused-ring (bicyclic) bond motifs is 1. The van der Waals surface area contributed by atoms with Crippen LogP contribution in [-0.2, 0) is 20.7 Å². The Morgan fingerprint density at radius 3 is 2.87 bits per heavy atom. The lowest BCUT2D eigenvalue weighted by molar-refractivity contribution is -0.116. The van der Waals surface area contributed by atoms with E-state index in [1.165, 1.54) is 23.1 Å². The zero-order chi connectivity index (χ0) is 21.5. The van der Waals surface area contributed by atoms with Gasteiger partial charge in [0.1, 0.15) is 5.50 Å². The summed E-state index contributed by atoms with van der Waals surface area (Å²) in [4.78, 5) is 33.9. The highest BCUT2D eigenvalue weighted by atomic mass is 32.2. The minimum Gasteiger partial charge on any atom is -0.379 e. The van der Waals surface area contributed by atoms with Crippen molar-refractivity contribution in [1.82, 2.24) is 9.88 Å². The molecule has 5 rings (SSSR count). The molecular formula is C21H23N5O3S2. The number of thiazole rings is 1. The molecule has 162 valence electrons. The van der Waals surface area contributed by atoms with Gasteiger partial charge in [-0.05, 0) is 18.9 Å². The van der Waals surface area contributed by atoms with Crippen molar-refractivity contribution >= 4 is 45.7 Å². The van der Waals surface area contributed by atoms with Crippen LogP contribution in [0.5, 0.6) is 0 Å². The molecule has 1 saturated heterocycles. The zero-order valence-corrected chi connectivity index (χ0v) is 18.7. The average molecular weight is 458 g/mol. The first-order chi connectivity index (χ1) is 15.0. The number of hydrogen-bond acceptors (Lipinski definition) is 8. The van der Waals surface area contributed by atoms with E-state index in [-0.39, 0.29) is 11.4 Å². The molecule has 1 unspecified atom stereocenters. The fraction of sp³-hybridized carbons (Fsp3) is 0.381. The van der Waals surface area contributed by atoms with Crippen molar-refractivity contribution in [3.8, 4) is 11.3 Å². The van der Waals surface area contributed by atoms with Crippen LogP contribution in [0.3, 0.4) is 0 Å². The van der Waals surface area contributed by atoms with Crippen LogP contribution in [0.25, 0.3) is 11.3 Å². The highest BCUT2D eigenvalue weighted by Crippen LogP contribution is 2.45. The molecule has 2 amide bonds. The van der Waals surface area contributed by atoms with E-state index in [1.807, 2.05) is 30.5 Å². The van der Waals surface area contributed by atoms with Gasteiger partial charge in [0, 0.05) is 36.2 Å². The fourth-order valence-electron chi connectivity index (χ4n) is 4.15. The van der Waals surface area contributed by atoms with Crippen molar-refractivity contribution in [2.75, 3.05) is 36.5 Å². The number of ether oxygens (including phenoxy) is 1. The summed E-state index contributed by atoms with van der Waals surface area (Å²) >= 11 is 3.00. The molecule has 10 heteroatoms. The van der Waals surface area contributed by atoms with Crippen LogP contribution >= 0.6 is 23.1 Å². The Labute approximate surface area is 188 Å². The summed E-state index contributed by atoms with van der Waals surface area (Å²) in [5.74, 6) is -0.386. The minimum atomic E-state index is -0.417. The SMILES string of the molecule is CC1=C(C(N)=O)SC(N2CCOCC2)N1c1nc(-c2cccc3c2NC(=O)CC3)cs1. The molecular weight excluding hydrogens is 434 g/mol. The molecule has 1 fully saturated rings. The lowest BCUT2D eigenvalue weighted by atomic mass is 9.98. The predicted molar refractivity (Wildman–Crippen MR) is 123 cm³/mol. The summed E-state index contributed by atoms with van der Waals surface area (Å²) in [6.45, 7) is 4.80. The standard InChI is InChI=1S/C21H23N5O3S2/c1-12-18(19(22)28)31-21(25-7-9-29-10-8-25)26(12)20-23-15(11-30-20)14-4-2-3-13-5-6-16(27)24-17(13)14/h2-4,11,21H,5-10H2,1H3,(H2,22,28)(H,24,27). The molecule has 3 N–H and O–H groups in total. The van der Waals surface area contributed by atoms with Gasteiger partial charge in [-0.25, -0.2) is 4.98 Å². The Balaban J connectivity index is 1.51. The second kappa shape index (κ2) is 8.27. The Bertz CT molecular complexity index is 1080. The molecule has 4 heterocycles. The van der Waals surface area contributed by atoms with Crippen LogP contribution in [0.1, 0.15) is 18.9 Å². The van der Waals surface area contributed by atoms with Gasteiger partial charge in [0.25, 0.3) is 5.91 Å². The van der Waals surface area contributed by atoms with Gasteiger partial charge in [-0.3, -0.25) is 19.4 Å². The number of nitrogens with one attached hydrogen (secondary N) is 1. The molecule has 1 atom stereocenters. The maximum absolute atomic E-state index is 12.1. The third-order valence-electron chi connectivity index (χ3n) is 5.73. The molecule has 31 heavy (non-hydrogen) atoms. The molecule has 1 aromatic carbocycles. The topological polar surface area (TPSA) is 101 Å².